The lowest BCUT2D eigenvalue weighted by Gasteiger charge is -2.30. The molecule has 0 radical (unpaired) electrons. The number of hydrogen-bond donors (Lipinski definition) is 2. The van der Waals surface area contributed by atoms with Gasteiger partial charge in [0.2, 0.25) is 17.7 Å². The summed E-state index contributed by atoms with van der Waals surface area (Å²) < 4.78 is 5.68. The van der Waals surface area contributed by atoms with Crippen LogP contribution in [0.1, 0.15) is 38.7 Å². The molecule has 4 aliphatic heterocycles. The highest BCUT2D eigenvalue weighted by molar-refractivity contribution is 6.31. The first-order chi connectivity index (χ1) is 14.3. The lowest BCUT2D eigenvalue weighted by Crippen LogP contribution is -2.53. The number of ether oxygens (including phenoxy) is 1. The number of nitrogens with one attached hydrogen (secondary N) is 2. The number of imide groups is 1. The van der Waals surface area contributed by atoms with Crippen molar-refractivity contribution in [3.8, 4) is 0 Å². The summed E-state index contributed by atoms with van der Waals surface area (Å²) in [4.78, 5) is 41.7. The van der Waals surface area contributed by atoms with E-state index in [9.17, 15) is 14.4 Å². The monoisotopic (exact) mass is 431 g/mol. The fraction of sp³-hybridized carbons (Fsp3) is 0.591. The van der Waals surface area contributed by atoms with Crippen molar-refractivity contribution >= 4 is 35.0 Å². The standard InChI is InChI=1S/C22H26ClN3O4/c1-11(2)8-16-17-18(20(28)26(19(17)27)10-13-4-3-7-30-13)22(25-16)14-9-12(23)5-6-15(14)24-21(22)29/h5-6,9,11,13,16-18,25H,3-4,7-8,10H2,1-2H3,(H,24,29)/t13?,16-,17-,18+,22+/m0/s1. The lowest BCUT2D eigenvalue weighted by molar-refractivity contribution is -0.144. The molecule has 3 saturated heterocycles. The Morgan fingerprint density at radius 3 is 2.77 bits per heavy atom. The quantitative estimate of drug-likeness (QED) is 0.714. The number of nitrogens with zero attached hydrogens (tertiary/aromatic N) is 1. The van der Waals surface area contributed by atoms with Crippen LogP contribution in [0, 0.1) is 17.8 Å². The van der Waals surface area contributed by atoms with Crippen molar-refractivity contribution < 1.29 is 19.1 Å². The average Bonchev–Trinajstić information content (AvgIpc) is 3.42. The second-order valence-electron chi connectivity index (χ2n) is 9.26. The van der Waals surface area contributed by atoms with Gasteiger partial charge in [-0.05, 0) is 43.4 Å². The van der Waals surface area contributed by atoms with Crippen LogP contribution in [0.3, 0.4) is 0 Å². The fourth-order valence-corrected chi connectivity index (χ4v) is 5.89. The van der Waals surface area contributed by atoms with Crippen molar-refractivity contribution in [2.75, 3.05) is 18.5 Å². The van der Waals surface area contributed by atoms with E-state index in [1.807, 2.05) is 0 Å². The Hall–Kier alpha value is -1.96. The van der Waals surface area contributed by atoms with Gasteiger partial charge in [-0.3, -0.25) is 24.6 Å². The molecule has 3 fully saturated rings. The van der Waals surface area contributed by atoms with Gasteiger partial charge in [-0.1, -0.05) is 25.4 Å². The van der Waals surface area contributed by atoms with E-state index < -0.39 is 17.4 Å². The van der Waals surface area contributed by atoms with Crippen LogP contribution in [-0.2, 0) is 24.7 Å². The number of hydrogen-bond acceptors (Lipinski definition) is 5. The van der Waals surface area contributed by atoms with E-state index in [0.717, 1.165) is 12.8 Å². The van der Waals surface area contributed by atoms with Gasteiger partial charge in [0, 0.05) is 28.9 Å². The zero-order valence-corrected chi connectivity index (χ0v) is 17.9. The van der Waals surface area contributed by atoms with E-state index >= 15 is 0 Å². The second-order valence-corrected chi connectivity index (χ2v) is 9.69. The Labute approximate surface area is 180 Å². The van der Waals surface area contributed by atoms with Crippen LogP contribution >= 0.6 is 11.6 Å². The smallest absolute Gasteiger partial charge is 0.250 e. The second kappa shape index (κ2) is 7.04. The summed E-state index contributed by atoms with van der Waals surface area (Å²) in [6, 6.07) is 4.93. The van der Waals surface area contributed by atoms with Gasteiger partial charge in [0.05, 0.1) is 24.5 Å². The molecule has 0 aromatic heterocycles. The minimum Gasteiger partial charge on any atom is -0.376 e. The molecule has 5 atom stereocenters. The predicted molar refractivity (Wildman–Crippen MR) is 111 cm³/mol. The fourth-order valence-electron chi connectivity index (χ4n) is 5.72. The van der Waals surface area contributed by atoms with Gasteiger partial charge in [-0.25, -0.2) is 0 Å². The van der Waals surface area contributed by atoms with Gasteiger partial charge >= 0.3 is 0 Å². The van der Waals surface area contributed by atoms with Crippen LogP contribution in [0.25, 0.3) is 0 Å². The highest BCUT2D eigenvalue weighted by Gasteiger charge is 2.70. The molecule has 30 heavy (non-hydrogen) atoms. The first-order valence-corrected chi connectivity index (χ1v) is 11.1. The molecule has 0 aliphatic carbocycles. The number of anilines is 1. The van der Waals surface area contributed by atoms with Gasteiger partial charge in [-0.15, -0.1) is 0 Å². The molecule has 3 amide bonds. The molecule has 0 saturated carbocycles. The first-order valence-electron chi connectivity index (χ1n) is 10.7. The Bertz CT molecular complexity index is 929. The number of fused-ring (bicyclic) bond motifs is 4. The zero-order chi connectivity index (χ0) is 21.2. The van der Waals surface area contributed by atoms with Gasteiger partial charge in [0.25, 0.3) is 0 Å². The van der Waals surface area contributed by atoms with E-state index in [-0.39, 0.29) is 36.4 Å². The van der Waals surface area contributed by atoms with Gasteiger partial charge in [-0.2, -0.15) is 0 Å². The van der Waals surface area contributed by atoms with Crippen LogP contribution in [0.4, 0.5) is 5.69 Å². The highest BCUT2D eigenvalue weighted by Crippen LogP contribution is 2.54. The molecule has 4 heterocycles. The maximum absolute atomic E-state index is 13.6. The number of likely N-dealkylation sites (tertiary alicyclic amines) is 1. The maximum Gasteiger partial charge on any atom is 0.250 e. The third kappa shape index (κ3) is 2.75. The predicted octanol–water partition coefficient (Wildman–Crippen LogP) is 2.29. The molecule has 1 spiro atoms. The van der Waals surface area contributed by atoms with Gasteiger partial charge < -0.3 is 10.1 Å². The Morgan fingerprint density at radius 2 is 2.07 bits per heavy atom. The number of halogens is 1. The van der Waals surface area contributed by atoms with Crippen molar-refractivity contribution in [2.45, 2.75) is 50.8 Å². The summed E-state index contributed by atoms with van der Waals surface area (Å²) in [5, 5.41) is 6.83. The molecule has 4 aliphatic rings. The molecule has 2 N–H and O–H groups in total. The molecular weight excluding hydrogens is 406 g/mol. The summed E-state index contributed by atoms with van der Waals surface area (Å²) >= 11 is 6.26. The number of carbonyl (C=O) groups is 3. The van der Waals surface area contributed by atoms with Gasteiger partial charge in [0.1, 0.15) is 5.54 Å². The molecule has 1 aromatic carbocycles. The average molecular weight is 432 g/mol. The number of amides is 3. The van der Waals surface area contributed by atoms with Crippen molar-refractivity contribution in [3.05, 3.63) is 28.8 Å². The molecule has 5 rings (SSSR count). The maximum atomic E-state index is 13.6. The molecule has 8 heteroatoms. The molecule has 0 bridgehead atoms. The van der Waals surface area contributed by atoms with E-state index in [0.29, 0.717) is 35.2 Å². The van der Waals surface area contributed by atoms with E-state index in [1.54, 1.807) is 18.2 Å². The number of rotatable bonds is 4. The van der Waals surface area contributed by atoms with Crippen molar-refractivity contribution in [3.63, 3.8) is 0 Å². The largest absolute Gasteiger partial charge is 0.376 e. The summed E-state index contributed by atoms with van der Waals surface area (Å²) in [5.74, 6) is -1.83. The lowest BCUT2D eigenvalue weighted by atomic mass is 9.76. The van der Waals surface area contributed by atoms with E-state index in [4.69, 9.17) is 16.3 Å². The normalized spacial score (nSPS) is 34.9. The van der Waals surface area contributed by atoms with Crippen LogP contribution in [-0.4, -0.2) is 47.9 Å². The molecule has 160 valence electrons. The van der Waals surface area contributed by atoms with Gasteiger partial charge in [0.15, 0.2) is 0 Å². The minimum atomic E-state index is -1.28. The number of carbonyl (C=O) groups excluding carboxylic acids is 3. The summed E-state index contributed by atoms with van der Waals surface area (Å²) in [6.45, 7) is 5.07. The molecule has 7 nitrogen and oxygen atoms in total. The van der Waals surface area contributed by atoms with Crippen LogP contribution < -0.4 is 10.6 Å². The summed E-state index contributed by atoms with van der Waals surface area (Å²) in [6.07, 6.45) is 2.34. The number of benzene rings is 1. The first kappa shape index (κ1) is 20.0. The Balaban J connectivity index is 1.59. The third-order valence-corrected chi connectivity index (χ3v) is 7.14. The van der Waals surface area contributed by atoms with Crippen molar-refractivity contribution in [1.29, 1.82) is 0 Å². The van der Waals surface area contributed by atoms with E-state index in [2.05, 4.69) is 24.5 Å². The minimum absolute atomic E-state index is 0.122. The summed E-state index contributed by atoms with van der Waals surface area (Å²) in [7, 11) is 0. The van der Waals surface area contributed by atoms with Crippen LogP contribution in [0.5, 0.6) is 0 Å². The molecule has 1 unspecified atom stereocenters. The Kier molecular flexibility index (Phi) is 4.69. The van der Waals surface area contributed by atoms with Crippen LogP contribution in [0.15, 0.2) is 18.2 Å². The summed E-state index contributed by atoms with van der Waals surface area (Å²) in [5.41, 5.74) is 0.0164. The van der Waals surface area contributed by atoms with Crippen LogP contribution in [0.2, 0.25) is 5.02 Å². The molecular formula is C22H26ClN3O4. The van der Waals surface area contributed by atoms with E-state index in [1.165, 1.54) is 4.90 Å². The SMILES string of the molecule is CC(C)C[C@@H]1N[C@@]2(C(=O)Nc3ccc(Cl)cc32)[C@H]2C(=O)N(CC3CCCO3)C(=O)[C@@H]12. The molecule has 1 aromatic rings. The van der Waals surface area contributed by atoms with Crippen molar-refractivity contribution in [2.24, 2.45) is 17.8 Å². The van der Waals surface area contributed by atoms with Crippen molar-refractivity contribution in [1.82, 2.24) is 10.2 Å². The topological polar surface area (TPSA) is 87.7 Å². The third-order valence-electron chi connectivity index (χ3n) is 6.90. The zero-order valence-electron chi connectivity index (χ0n) is 17.1. The highest BCUT2D eigenvalue weighted by atomic mass is 35.5. The Morgan fingerprint density at radius 1 is 1.27 bits per heavy atom.